The molecule has 0 aliphatic carbocycles. The average Bonchev–Trinajstić information content (AvgIpc) is 3.09. The summed E-state index contributed by atoms with van der Waals surface area (Å²) in [5.74, 6) is 1.14. The van der Waals surface area contributed by atoms with Crippen LogP contribution < -0.4 is 10.6 Å². The zero-order valence-corrected chi connectivity index (χ0v) is 19.2. The van der Waals surface area contributed by atoms with E-state index in [1.165, 1.54) is 0 Å². The lowest BCUT2D eigenvalue weighted by molar-refractivity contribution is 0.0677. The lowest BCUT2D eigenvalue weighted by Crippen LogP contribution is -2.46. The Bertz CT molecular complexity index is 649. The molecule has 1 saturated heterocycles. The maximum absolute atomic E-state index is 11.4. The SMILES string of the molecule is CCNC(=NCC(C)(O)c1ccsc1)NCCN1CCS(=O)(=O)CC1.I. The zero-order chi connectivity index (χ0) is 18.3. The Balaban J connectivity index is 0.00000338. The molecule has 3 N–H and O–H groups in total. The van der Waals surface area contributed by atoms with Gasteiger partial charge in [-0.1, -0.05) is 0 Å². The summed E-state index contributed by atoms with van der Waals surface area (Å²) in [6, 6.07) is 1.91. The first kappa shape index (κ1) is 23.6. The highest BCUT2D eigenvalue weighted by Crippen LogP contribution is 2.23. The minimum atomic E-state index is -2.84. The summed E-state index contributed by atoms with van der Waals surface area (Å²) < 4.78 is 22.9. The first-order chi connectivity index (χ1) is 11.8. The molecular weight excluding hydrogens is 487 g/mol. The van der Waals surface area contributed by atoms with Crippen LogP contribution in [0, 0.1) is 0 Å². The van der Waals surface area contributed by atoms with Crippen LogP contribution in [0.5, 0.6) is 0 Å². The Morgan fingerprint density at radius 3 is 2.65 bits per heavy atom. The molecule has 0 bridgehead atoms. The van der Waals surface area contributed by atoms with Crippen LogP contribution in [-0.2, 0) is 15.4 Å². The number of aliphatic hydroxyl groups is 1. The van der Waals surface area contributed by atoms with Crippen molar-refractivity contribution in [1.29, 1.82) is 0 Å². The van der Waals surface area contributed by atoms with Crippen LogP contribution in [0.2, 0.25) is 0 Å². The lowest BCUT2D eigenvalue weighted by Gasteiger charge is -2.27. The summed E-state index contributed by atoms with van der Waals surface area (Å²) in [6.07, 6.45) is 0. The number of rotatable bonds is 7. The molecule has 7 nitrogen and oxygen atoms in total. The zero-order valence-electron chi connectivity index (χ0n) is 15.3. The molecule has 0 spiro atoms. The van der Waals surface area contributed by atoms with Crippen molar-refractivity contribution in [2.75, 3.05) is 50.8 Å². The second kappa shape index (κ2) is 10.8. The van der Waals surface area contributed by atoms with Gasteiger partial charge in [-0.2, -0.15) is 11.3 Å². The van der Waals surface area contributed by atoms with Crippen LogP contribution in [-0.4, -0.2) is 75.2 Å². The number of nitrogens with one attached hydrogen (secondary N) is 2. The van der Waals surface area contributed by atoms with Gasteiger partial charge in [0.25, 0.3) is 0 Å². The van der Waals surface area contributed by atoms with E-state index in [2.05, 4.69) is 20.5 Å². The number of aliphatic imine (C=N–C) groups is 1. The highest BCUT2D eigenvalue weighted by molar-refractivity contribution is 14.0. The van der Waals surface area contributed by atoms with Crippen LogP contribution in [0.15, 0.2) is 21.8 Å². The number of nitrogens with zero attached hydrogens (tertiary/aromatic N) is 2. The Morgan fingerprint density at radius 1 is 1.38 bits per heavy atom. The first-order valence-electron chi connectivity index (χ1n) is 8.52. The molecule has 26 heavy (non-hydrogen) atoms. The van der Waals surface area contributed by atoms with E-state index in [-0.39, 0.29) is 42.0 Å². The molecule has 1 aliphatic heterocycles. The van der Waals surface area contributed by atoms with Gasteiger partial charge in [-0.15, -0.1) is 24.0 Å². The minimum Gasteiger partial charge on any atom is -0.383 e. The summed E-state index contributed by atoms with van der Waals surface area (Å²) in [5, 5.41) is 20.8. The molecular formula is C16H29IN4O3S2. The van der Waals surface area contributed by atoms with Crippen LogP contribution in [0.25, 0.3) is 0 Å². The fourth-order valence-electron chi connectivity index (χ4n) is 2.54. The fraction of sp³-hybridized carbons (Fsp3) is 0.688. The van der Waals surface area contributed by atoms with Gasteiger partial charge >= 0.3 is 0 Å². The fourth-order valence-corrected chi connectivity index (χ4v) is 4.60. The van der Waals surface area contributed by atoms with Gasteiger partial charge in [-0.25, -0.2) is 13.4 Å². The van der Waals surface area contributed by atoms with Gasteiger partial charge in [0.1, 0.15) is 5.60 Å². The van der Waals surface area contributed by atoms with E-state index in [0.717, 1.165) is 18.7 Å². The monoisotopic (exact) mass is 516 g/mol. The van der Waals surface area contributed by atoms with Crippen molar-refractivity contribution < 1.29 is 13.5 Å². The highest BCUT2D eigenvalue weighted by atomic mass is 127. The van der Waals surface area contributed by atoms with Crippen molar-refractivity contribution in [2.24, 2.45) is 4.99 Å². The van der Waals surface area contributed by atoms with Crippen LogP contribution in [0.1, 0.15) is 19.4 Å². The highest BCUT2D eigenvalue weighted by Gasteiger charge is 2.23. The van der Waals surface area contributed by atoms with Crippen molar-refractivity contribution >= 4 is 51.1 Å². The molecule has 1 aliphatic rings. The largest absolute Gasteiger partial charge is 0.383 e. The number of hydrogen-bond acceptors (Lipinski definition) is 6. The molecule has 1 unspecified atom stereocenters. The van der Waals surface area contributed by atoms with Crippen LogP contribution in [0.4, 0.5) is 0 Å². The second-order valence-corrected chi connectivity index (χ2v) is 9.48. The third kappa shape index (κ3) is 7.67. The molecule has 0 radical (unpaired) electrons. The summed E-state index contributed by atoms with van der Waals surface area (Å²) in [6.45, 7) is 7.36. The first-order valence-corrected chi connectivity index (χ1v) is 11.3. The van der Waals surface area contributed by atoms with Crippen molar-refractivity contribution in [2.45, 2.75) is 19.4 Å². The normalized spacial score (nSPS) is 20.0. The molecule has 1 fully saturated rings. The van der Waals surface area contributed by atoms with E-state index in [1.54, 1.807) is 18.3 Å². The molecule has 10 heteroatoms. The molecule has 150 valence electrons. The molecule has 0 aromatic carbocycles. The Labute approximate surface area is 177 Å². The van der Waals surface area contributed by atoms with Crippen molar-refractivity contribution in [1.82, 2.24) is 15.5 Å². The van der Waals surface area contributed by atoms with Gasteiger partial charge < -0.3 is 15.7 Å². The maximum Gasteiger partial charge on any atom is 0.191 e. The smallest absolute Gasteiger partial charge is 0.191 e. The molecule has 1 aromatic heterocycles. The van der Waals surface area contributed by atoms with Gasteiger partial charge in [0.2, 0.25) is 0 Å². The summed E-state index contributed by atoms with van der Waals surface area (Å²) in [4.78, 5) is 6.62. The molecule has 1 atom stereocenters. The molecule has 1 aromatic rings. The maximum atomic E-state index is 11.4. The van der Waals surface area contributed by atoms with E-state index in [4.69, 9.17) is 0 Å². The van der Waals surface area contributed by atoms with E-state index in [9.17, 15) is 13.5 Å². The minimum absolute atomic E-state index is 0. The van der Waals surface area contributed by atoms with E-state index >= 15 is 0 Å². The number of guanidine groups is 1. The molecule has 0 amide bonds. The summed E-state index contributed by atoms with van der Waals surface area (Å²) in [5.41, 5.74) is -0.129. The second-order valence-electron chi connectivity index (χ2n) is 6.40. The predicted octanol–water partition coefficient (Wildman–Crippen LogP) is 0.859. The topological polar surface area (TPSA) is 94.0 Å². The van der Waals surface area contributed by atoms with Crippen molar-refractivity contribution in [3.05, 3.63) is 22.4 Å². The Kier molecular flexibility index (Phi) is 9.80. The third-order valence-electron chi connectivity index (χ3n) is 4.19. The third-order valence-corrected chi connectivity index (χ3v) is 6.48. The summed E-state index contributed by atoms with van der Waals surface area (Å²) >= 11 is 1.55. The van der Waals surface area contributed by atoms with E-state index in [1.807, 2.05) is 23.8 Å². The number of sulfone groups is 1. The quantitative estimate of drug-likeness (QED) is 0.283. The average molecular weight is 516 g/mol. The molecule has 2 heterocycles. The molecule has 2 rings (SSSR count). The van der Waals surface area contributed by atoms with E-state index in [0.29, 0.717) is 25.6 Å². The van der Waals surface area contributed by atoms with E-state index < -0.39 is 15.4 Å². The van der Waals surface area contributed by atoms with Gasteiger partial charge in [-0.05, 0) is 36.2 Å². The standard InChI is InChI=1S/C16H28N4O3S2.HI/c1-3-17-15(19-13-16(2,21)14-4-9-24-12-14)18-5-6-20-7-10-25(22,23)11-8-20;/h4,9,12,21H,3,5-8,10-11,13H2,1-2H3,(H2,17,18,19);1H. The van der Waals surface area contributed by atoms with Gasteiger partial charge in [0.05, 0.1) is 18.1 Å². The van der Waals surface area contributed by atoms with Crippen LogP contribution >= 0.6 is 35.3 Å². The number of thiophene rings is 1. The van der Waals surface area contributed by atoms with Gasteiger partial charge in [0.15, 0.2) is 15.8 Å². The Hall–Kier alpha value is -0.430. The van der Waals surface area contributed by atoms with Gasteiger partial charge in [-0.3, -0.25) is 4.90 Å². The van der Waals surface area contributed by atoms with Gasteiger partial charge in [0, 0.05) is 32.7 Å². The number of hydrogen-bond donors (Lipinski definition) is 3. The van der Waals surface area contributed by atoms with Crippen molar-refractivity contribution in [3.63, 3.8) is 0 Å². The summed E-state index contributed by atoms with van der Waals surface area (Å²) in [7, 11) is -2.84. The van der Waals surface area contributed by atoms with Crippen molar-refractivity contribution in [3.8, 4) is 0 Å². The van der Waals surface area contributed by atoms with Crippen LogP contribution in [0.3, 0.4) is 0 Å². The number of halogens is 1. The predicted molar refractivity (Wildman–Crippen MR) is 118 cm³/mol. The Morgan fingerprint density at radius 2 is 2.08 bits per heavy atom. The lowest BCUT2D eigenvalue weighted by atomic mass is 10.00. The molecule has 0 saturated carbocycles.